The van der Waals surface area contributed by atoms with Crippen LogP contribution in [0.4, 0.5) is 5.82 Å². The Kier molecular flexibility index (Phi) is 6.73. The lowest BCUT2D eigenvalue weighted by atomic mass is 9.54. The van der Waals surface area contributed by atoms with Crippen LogP contribution in [0.1, 0.15) is 50.2 Å². The van der Waals surface area contributed by atoms with Crippen LogP contribution in [0, 0.1) is 0 Å². The summed E-state index contributed by atoms with van der Waals surface area (Å²) in [5.41, 5.74) is 8.39. The van der Waals surface area contributed by atoms with E-state index in [1.54, 1.807) is 14.2 Å². The molecule has 1 aliphatic heterocycles. The molecule has 1 atom stereocenters. The first-order valence-electron chi connectivity index (χ1n) is 13.0. The highest BCUT2D eigenvalue weighted by Gasteiger charge is 2.55. The minimum atomic E-state index is -0.686. The number of piperidine rings is 1. The van der Waals surface area contributed by atoms with E-state index in [0.717, 1.165) is 18.5 Å². The molecule has 3 heterocycles. The molecule has 38 heavy (non-hydrogen) atoms. The molecule has 0 spiro atoms. The number of amides is 1. The van der Waals surface area contributed by atoms with Crippen molar-refractivity contribution in [3.8, 4) is 11.5 Å². The molecule has 1 saturated heterocycles. The Labute approximate surface area is 223 Å². The topological polar surface area (TPSA) is 106 Å². The van der Waals surface area contributed by atoms with Gasteiger partial charge < -0.3 is 25.1 Å². The van der Waals surface area contributed by atoms with Crippen molar-refractivity contribution < 1.29 is 14.3 Å². The minimum absolute atomic E-state index is 0.181. The van der Waals surface area contributed by atoms with Gasteiger partial charge in [-0.1, -0.05) is 37.3 Å². The molecular formula is C30H35N5O3. The van der Waals surface area contributed by atoms with Gasteiger partial charge in [-0.3, -0.25) is 4.79 Å². The number of anilines is 1. The van der Waals surface area contributed by atoms with Gasteiger partial charge in [-0.15, -0.1) is 0 Å². The zero-order chi connectivity index (χ0) is 26.9. The van der Waals surface area contributed by atoms with E-state index < -0.39 is 10.8 Å². The Morgan fingerprint density at radius 2 is 1.74 bits per heavy atom. The number of ether oxygens (including phenoxy) is 2. The molecule has 1 unspecified atom stereocenters. The third kappa shape index (κ3) is 3.95. The van der Waals surface area contributed by atoms with Crippen molar-refractivity contribution in [3.63, 3.8) is 0 Å². The normalized spacial score (nSPS) is 16.7. The monoisotopic (exact) mass is 513 g/mol. The Morgan fingerprint density at radius 3 is 2.34 bits per heavy atom. The smallest absolute Gasteiger partial charge is 0.222 e. The zero-order valence-corrected chi connectivity index (χ0v) is 22.5. The first kappa shape index (κ1) is 25.6. The van der Waals surface area contributed by atoms with Gasteiger partial charge in [-0.2, -0.15) is 0 Å². The number of hydrogen-bond donors (Lipinski definition) is 2. The van der Waals surface area contributed by atoms with E-state index in [1.165, 1.54) is 5.56 Å². The van der Waals surface area contributed by atoms with Crippen molar-refractivity contribution in [1.29, 1.82) is 0 Å². The standard InChI is InChI=1S/C30H35N5O3/c1-5-26(36)35-16-13-30(14-17-35,20-10-7-6-8-11-20)29(2,25-12-9-15-32-25)28-33-22-19-24(38-4)23(37-3)18-21(22)27(31)34-28/h6-12,15,18-19,32H,5,13-14,16-17H2,1-4H3,(H2,31,33,34). The van der Waals surface area contributed by atoms with Gasteiger partial charge >= 0.3 is 0 Å². The van der Waals surface area contributed by atoms with E-state index in [4.69, 9.17) is 25.2 Å². The van der Waals surface area contributed by atoms with Gasteiger partial charge in [0.1, 0.15) is 11.6 Å². The maximum absolute atomic E-state index is 12.6. The summed E-state index contributed by atoms with van der Waals surface area (Å²) in [6.07, 6.45) is 3.94. The quantitative estimate of drug-likeness (QED) is 0.367. The SMILES string of the molecule is CCC(=O)N1CCC(c2ccccc2)(C(C)(c2nc(N)c3cc(OC)c(OC)cc3n2)c2ccc[nH]2)CC1. The lowest BCUT2D eigenvalue weighted by molar-refractivity contribution is -0.132. The molecular weight excluding hydrogens is 478 g/mol. The second kappa shape index (κ2) is 10.0. The first-order valence-corrected chi connectivity index (χ1v) is 13.0. The highest BCUT2D eigenvalue weighted by atomic mass is 16.5. The number of nitrogens with zero attached hydrogens (tertiary/aromatic N) is 3. The Balaban J connectivity index is 1.76. The molecule has 8 heteroatoms. The number of nitrogens with one attached hydrogen (secondary N) is 1. The average molecular weight is 514 g/mol. The zero-order valence-electron chi connectivity index (χ0n) is 22.5. The van der Waals surface area contributed by atoms with Crippen LogP contribution in [0.15, 0.2) is 60.8 Å². The molecule has 1 aliphatic rings. The predicted molar refractivity (Wildman–Crippen MR) is 149 cm³/mol. The number of hydrogen-bond acceptors (Lipinski definition) is 6. The second-order valence-electron chi connectivity index (χ2n) is 10.0. The van der Waals surface area contributed by atoms with Gasteiger partial charge in [-0.05, 0) is 43.5 Å². The fraction of sp³-hybridized carbons (Fsp3) is 0.367. The highest BCUT2D eigenvalue weighted by molar-refractivity contribution is 5.91. The number of H-pyrrole nitrogens is 1. The number of rotatable bonds is 7. The minimum Gasteiger partial charge on any atom is -0.493 e. The number of carbonyl (C=O) groups excluding carboxylic acids is 1. The molecule has 5 rings (SSSR count). The number of aromatic nitrogens is 3. The summed E-state index contributed by atoms with van der Waals surface area (Å²) < 4.78 is 11.1. The van der Waals surface area contributed by atoms with Gasteiger partial charge in [0, 0.05) is 48.3 Å². The third-order valence-electron chi connectivity index (χ3n) is 8.37. The van der Waals surface area contributed by atoms with Crippen molar-refractivity contribution in [2.45, 2.75) is 43.9 Å². The number of carbonyl (C=O) groups is 1. The second-order valence-corrected chi connectivity index (χ2v) is 10.0. The highest BCUT2D eigenvalue weighted by Crippen LogP contribution is 2.53. The van der Waals surface area contributed by atoms with Gasteiger partial charge in [0.25, 0.3) is 0 Å². The van der Waals surface area contributed by atoms with Gasteiger partial charge in [-0.25, -0.2) is 9.97 Å². The molecule has 1 amide bonds. The van der Waals surface area contributed by atoms with Crippen molar-refractivity contribution in [1.82, 2.24) is 19.9 Å². The third-order valence-corrected chi connectivity index (χ3v) is 8.37. The average Bonchev–Trinajstić information content (AvgIpc) is 3.51. The molecule has 0 radical (unpaired) electrons. The van der Waals surface area contributed by atoms with Crippen LogP contribution in [-0.4, -0.2) is 53.1 Å². The summed E-state index contributed by atoms with van der Waals surface area (Å²) in [6.45, 7) is 5.43. The maximum atomic E-state index is 12.6. The van der Waals surface area contributed by atoms with Crippen LogP contribution in [-0.2, 0) is 15.6 Å². The summed E-state index contributed by atoms with van der Waals surface area (Å²) >= 11 is 0. The van der Waals surface area contributed by atoms with Crippen molar-refractivity contribution in [3.05, 3.63) is 77.9 Å². The van der Waals surface area contributed by atoms with Gasteiger partial charge in [0.15, 0.2) is 11.5 Å². The summed E-state index contributed by atoms with van der Waals surface area (Å²) in [7, 11) is 3.20. The van der Waals surface area contributed by atoms with Crippen molar-refractivity contribution in [2.75, 3.05) is 33.0 Å². The van der Waals surface area contributed by atoms with E-state index >= 15 is 0 Å². The summed E-state index contributed by atoms with van der Waals surface area (Å²) in [6, 6.07) is 18.3. The Bertz CT molecular complexity index is 1430. The van der Waals surface area contributed by atoms with Crippen LogP contribution < -0.4 is 15.2 Å². The number of benzene rings is 2. The van der Waals surface area contributed by atoms with Gasteiger partial charge in [0.05, 0.1) is 25.2 Å². The number of nitrogen functional groups attached to an aromatic ring is 1. The molecule has 0 bridgehead atoms. The number of likely N-dealkylation sites (tertiary alicyclic amines) is 1. The molecule has 3 N–H and O–H groups in total. The maximum Gasteiger partial charge on any atom is 0.222 e. The molecule has 2 aromatic carbocycles. The number of nitrogens with two attached hydrogens (primary N) is 1. The van der Waals surface area contributed by atoms with E-state index in [-0.39, 0.29) is 5.91 Å². The van der Waals surface area contributed by atoms with E-state index in [1.807, 2.05) is 42.3 Å². The van der Waals surface area contributed by atoms with E-state index in [9.17, 15) is 4.79 Å². The lowest BCUT2D eigenvalue weighted by Crippen LogP contribution is -2.56. The Hall–Kier alpha value is -4.07. The van der Waals surface area contributed by atoms with Crippen LogP contribution in [0.5, 0.6) is 11.5 Å². The van der Waals surface area contributed by atoms with Crippen LogP contribution in [0.25, 0.3) is 10.9 Å². The van der Waals surface area contributed by atoms with Crippen LogP contribution in [0.2, 0.25) is 0 Å². The largest absolute Gasteiger partial charge is 0.493 e. The summed E-state index contributed by atoms with van der Waals surface area (Å²) in [5.74, 6) is 2.33. The molecule has 0 saturated carbocycles. The Morgan fingerprint density at radius 1 is 1.05 bits per heavy atom. The van der Waals surface area contributed by atoms with Crippen molar-refractivity contribution in [2.24, 2.45) is 0 Å². The molecule has 4 aromatic rings. The number of fused-ring (bicyclic) bond motifs is 1. The van der Waals surface area contributed by atoms with Crippen molar-refractivity contribution >= 4 is 22.6 Å². The van der Waals surface area contributed by atoms with Crippen LogP contribution >= 0.6 is 0 Å². The molecule has 1 fully saturated rings. The van der Waals surface area contributed by atoms with Crippen LogP contribution in [0.3, 0.4) is 0 Å². The first-order chi connectivity index (χ1) is 18.4. The number of methoxy groups -OCH3 is 2. The fourth-order valence-electron chi connectivity index (χ4n) is 6.13. The number of aromatic amines is 1. The fourth-order valence-corrected chi connectivity index (χ4v) is 6.13. The molecule has 2 aromatic heterocycles. The van der Waals surface area contributed by atoms with Gasteiger partial charge in [0.2, 0.25) is 5.91 Å². The summed E-state index contributed by atoms with van der Waals surface area (Å²) in [5, 5.41) is 0.706. The molecule has 198 valence electrons. The predicted octanol–water partition coefficient (Wildman–Crippen LogP) is 4.83. The van der Waals surface area contributed by atoms with E-state index in [2.05, 4.69) is 42.2 Å². The lowest BCUT2D eigenvalue weighted by Gasteiger charge is -2.52. The molecule has 0 aliphatic carbocycles. The summed E-state index contributed by atoms with van der Waals surface area (Å²) in [4.78, 5) is 28.2. The molecule has 8 nitrogen and oxygen atoms in total. The van der Waals surface area contributed by atoms with E-state index in [0.29, 0.717) is 53.6 Å².